The molecule has 10 heteroatoms. The monoisotopic (exact) mass is 431 g/mol. The molecular weight excluding hydrogens is 406 g/mol. The number of thioether (sulfide) groups is 1. The summed E-state index contributed by atoms with van der Waals surface area (Å²) in [5.74, 6) is 0.534. The molecule has 0 aliphatic rings. The van der Waals surface area contributed by atoms with Crippen LogP contribution in [0.3, 0.4) is 0 Å². The number of nitrogens with two attached hydrogens (primary N) is 1. The molecule has 0 saturated carbocycles. The number of carbonyl (C=O) groups is 1. The van der Waals surface area contributed by atoms with Gasteiger partial charge in [-0.1, -0.05) is 25.5 Å². The van der Waals surface area contributed by atoms with Gasteiger partial charge in [0.1, 0.15) is 5.52 Å². The Kier molecular flexibility index (Phi) is 7.34. The van der Waals surface area contributed by atoms with E-state index in [1.165, 1.54) is 11.7 Å². The van der Waals surface area contributed by atoms with E-state index in [0.717, 1.165) is 23.3 Å². The number of methoxy groups -OCH3 is 1. The molecule has 9 nitrogen and oxygen atoms in total. The number of hydrogen-bond acceptors (Lipinski definition) is 8. The van der Waals surface area contributed by atoms with Gasteiger partial charge in [-0.2, -0.15) is 9.97 Å². The summed E-state index contributed by atoms with van der Waals surface area (Å²) in [6, 6.07) is 7.85. The SMILES string of the molecule is CCCCOc1nc(N)c2[nH]c(=O)n(CCSc3cccc(CC(=O)OC)c3)c2n1. The van der Waals surface area contributed by atoms with Gasteiger partial charge >= 0.3 is 17.7 Å². The van der Waals surface area contributed by atoms with Crippen molar-refractivity contribution in [2.24, 2.45) is 0 Å². The number of aromatic nitrogens is 4. The average molecular weight is 432 g/mol. The number of ether oxygens (including phenoxy) is 2. The molecule has 0 bridgehead atoms. The van der Waals surface area contributed by atoms with Crippen molar-refractivity contribution in [1.29, 1.82) is 0 Å². The van der Waals surface area contributed by atoms with Gasteiger partial charge in [0.2, 0.25) is 0 Å². The lowest BCUT2D eigenvalue weighted by Crippen LogP contribution is -2.18. The molecule has 1 aromatic carbocycles. The molecule has 3 aromatic rings. The number of nitrogen functional groups attached to an aromatic ring is 1. The van der Waals surface area contributed by atoms with Gasteiger partial charge in [-0.3, -0.25) is 9.36 Å². The molecule has 0 unspecified atom stereocenters. The molecule has 30 heavy (non-hydrogen) atoms. The predicted octanol–water partition coefficient (Wildman–Crippen LogP) is 2.39. The van der Waals surface area contributed by atoms with Crippen molar-refractivity contribution in [2.45, 2.75) is 37.6 Å². The van der Waals surface area contributed by atoms with Crippen molar-refractivity contribution < 1.29 is 14.3 Å². The third kappa shape index (κ3) is 5.32. The van der Waals surface area contributed by atoms with Gasteiger partial charge in [0.25, 0.3) is 0 Å². The van der Waals surface area contributed by atoms with Crippen molar-refractivity contribution in [1.82, 2.24) is 19.5 Å². The van der Waals surface area contributed by atoms with Gasteiger partial charge in [-0.25, -0.2) is 4.79 Å². The quantitative estimate of drug-likeness (QED) is 0.285. The highest BCUT2D eigenvalue weighted by Crippen LogP contribution is 2.22. The Morgan fingerprint density at radius 1 is 1.33 bits per heavy atom. The number of fused-ring (bicyclic) bond motifs is 1. The lowest BCUT2D eigenvalue weighted by molar-refractivity contribution is -0.139. The number of aromatic amines is 1. The van der Waals surface area contributed by atoms with Gasteiger partial charge in [-0.05, 0) is 24.1 Å². The topological polar surface area (TPSA) is 125 Å². The van der Waals surface area contributed by atoms with E-state index < -0.39 is 0 Å². The first-order valence-corrected chi connectivity index (χ1v) is 10.7. The minimum absolute atomic E-state index is 0.171. The number of imidazole rings is 1. The molecule has 3 rings (SSSR count). The zero-order valence-corrected chi connectivity index (χ0v) is 17.8. The fourth-order valence-electron chi connectivity index (χ4n) is 2.85. The summed E-state index contributed by atoms with van der Waals surface area (Å²) in [5, 5.41) is 0. The maximum Gasteiger partial charge on any atom is 0.327 e. The van der Waals surface area contributed by atoms with Crippen LogP contribution in [0.1, 0.15) is 25.3 Å². The Hall–Kier alpha value is -3.01. The molecule has 160 valence electrons. The Morgan fingerprint density at radius 3 is 2.93 bits per heavy atom. The molecule has 3 N–H and O–H groups in total. The second-order valence-electron chi connectivity index (χ2n) is 6.62. The number of nitrogens with zero attached hydrogens (tertiary/aromatic N) is 3. The predicted molar refractivity (Wildman–Crippen MR) is 116 cm³/mol. The van der Waals surface area contributed by atoms with E-state index in [2.05, 4.69) is 21.9 Å². The van der Waals surface area contributed by atoms with E-state index in [9.17, 15) is 9.59 Å². The Bertz CT molecular complexity index is 1080. The Balaban J connectivity index is 1.71. The number of esters is 1. The molecule has 0 aliphatic heterocycles. The smallest absolute Gasteiger partial charge is 0.327 e. The number of unbranched alkanes of at least 4 members (excludes halogenated alkanes) is 1. The van der Waals surface area contributed by atoms with Crippen molar-refractivity contribution >= 4 is 34.7 Å². The minimum Gasteiger partial charge on any atom is -0.469 e. The van der Waals surface area contributed by atoms with Crippen molar-refractivity contribution in [3.8, 4) is 6.01 Å². The lowest BCUT2D eigenvalue weighted by atomic mass is 10.1. The fourth-order valence-corrected chi connectivity index (χ4v) is 3.77. The first-order chi connectivity index (χ1) is 14.5. The van der Waals surface area contributed by atoms with E-state index in [1.807, 2.05) is 24.3 Å². The van der Waals surface area contributed by atoms with Crippen LogP contribution in [0.2, 0.25) is 0 Å². The summed E-state index contributed by atoms with van der Waals surface area (Å²) in [7, 11) is 1.37. The maximum absolute atomic E-state index is 12.4. The van der Waals surface area contributed by atoms with E-state index in [-0.39, 0.29) is 29.9 Å². The van der Waals surface area contributed by atoms with Crippen LogP contribution in [-0.4, -0.2) is 45.0 Å². The first kappa shape index (κ1) is 21.7. The Morgan fingerprint density at radius 2 is 2.17 bits per heavy atom. The number of nitrogens with one attached hydrogen (secondary N) is 1. The summed E-state index contributed by atoms with van der Waals surface area (Å²) >= 11 is 1.58. The third-order valence-corrected chi connectivity index (χ3v) is 5.39. The molecule has 0 fully saturated rings. The second kappa shape index (κ2) is 10.1. The third-order valence-electron chi connectivity index (χ3n) is 4.42. The first-order valence-electron chi connectivity index (χ1n) is 9.69. The van der Waals surface area contributed by atoms with E-state index in [0.29, 0.717) is 30.1 Å². The summed E-state index contributed by atoms with van der Waals surface area (Å²) < 4.78 is 11.8. The highest BCUT2D eigenvalue weighted by Gasteiger charge is 2.14. The number of H-pyrrole nitrogens is 1. The lowest BCUT2D eigenvalue weighted by Gasteiger charge is -2.07. The van der Waals surface area contributed by atoms with Crippen molar-refractivity contribution in [3.63, 3.8) is 0 Å². The van der Waals surface area contributed by atoms with Crippen molar-refractivity contribution in [3.05, 3.63) is 40.3 Å². The summed E-state index contributed by atoms with van der Waals surface area (Å²) in [5.41, 5.74) is 7.40. The van der Waals surface area contributed by atoms with E-state index >= 15 is 0 Å². The minimum atomic E-state index is -0.295. The van der Waals surface area contributed by atoms with Gasteiger partial charge in [0.15, 0.2) is 11.5 Å². The van der Waals surface area contributed by atoms with Gasteiger partial charge in [-0.15, -0.1) is 11.8 Å². The average Bonchev–Trinajstić information content (AvgIpc) is 3.04. The number of rotatable bonds is 10. The standard InChI is InChI=1S/C20H25N5O4S/c1-3-4-9-29-19-23-17(21)16-18(24-19)25(20(27)22-16)8-10-30-14-7-5-6-13(11-14)12-15(26)28-2/h5-7,11H,3-4,8-10,12H2,1-2H3,(H,22,27)(H2,21,23,24). The molecule has 0 atom stereocenters. The normalized spacial score (nSPS) is 11.0. The number of carbonyl (C=O) groups excluding carboxylic acids is 1. The van der Waals surface area contributed by atoms with Crippen LogP contribution < -0.4 is 16.2 Å². The van der Waals surface area contributed by atoms with Gasteiger partial charge in [0.05, 0.1) is 20.1 Å². The fraction of sp³-hybridized carbons (Fsp3) is 0.400. The Labute approximate surface area is 178 Å². The van der Waals surface area contributed by atoms with Crippen molar-refractivity contribution in [2.75, 3.05) is 25.2 Å². The number of anilines is 1. The van der Waals surface area contributed by atoms with Crippen LogP contribution in [0.5, 0.6) is 6.01 Å². The van der Waals surface area contributed by atoms with Crippen LogP contribution in [-0.2, 0) is 22.5 Å². The molecular formula is C20H25N5O4S. The van der Waals surface area contributed by atoms with Gasteiger partial charge in [0, 0.05) is 17.2 Å². The molecule has 2 heterocycles. The number of aryl methyl sites for hydroxylation is 1. The summed E-state index contributed by atoms with van der Waals surface area (Å²) in [6.07, 6.45) is 2.10. The molecule has 0 saturated heterocycles. The molecule has 0 aliphatic carbocycles. The van der Waals surface area contributed by atoms with Crippen LogP contribution in [0.15, 0.2) is 34.0 Å². The van der Waals surface area contributed by atoms with Crippen LogP contribution in [0.4, 0.5) is 5.82 Å². The van der Waals surface area contributed by atoms with Crippen LogP contribution in [0, 0.1) is 0 Å². The van der Waals surface area contributed by atoms with E-state index in [4.69, 9.17) is 15.2 Å². The number of benzene rings is 1. The molecule has 0 amide bonds. The summed E-state index contributed by atoms with van der Waals surface area (Å²) in [4.78, 5) is 36.1. The zero-order valence-electron chi connectivity index (χ0n) is 17.0. The molecule has 0 spiro atoms. The highest BCUT2D eigenvalue weighted by molar-refractivity contribution is 7.99. The maximum atomic E-state index is 12.4. The van der Waals surface area contributed by atoms with Crippen LogP contribution >= 0.6 is 11.8 Å². The number of hydrogen-bond donors (Lipinski definition) is 2. The largest absolute Gasteiger partial charge is 0.469 e. The molecule has 0 radical (unpaired) electrons. The van der Waals surface area contributed by atoms with Crippen LogP contribution in [0.25, 0.3) is 11.2 Å². The van der Waals surface area contributed by atoms with Gasteiger partial charge < -0.3 is 20.2 Å². The zero-order chi connectivity index (χ0) is 21.5. The van der Waals surface area contributed by atoms with E-state index in [1.54, 1.807) is 11.8 Å². The highest BCUT2D eigenvalue weighted by atomic mass is 32.2. The second-order valence-corrected chi connectivity index (χ2v) is 7.79. The molecule has 2 aromatic heterocycles. The summed E-state index contributed by atoms with van der Waals surface area (Å²) in [6.45, 7) is 2.98.